The molecule has 128 valence electrons. The van der Waals surface area contributed by atoms with Crippen LogP contribution in [-0.2, 0) is 0 Å². The minimum Gasteiger partial charge on any atom is -0.284 e. The van der Waals surface area contributed by atoms with Crippen molar-refractivity contribution in [3.63, 3.8) is 0 Å². The third-order valence-electron chi connectivity index (χ3n) is 5.13. The Morgan fingerprint density at radius 2 is 2.12 bits per heavy atom. The molecule has 1 fully saturated rings. The Morgan fingerprint density at radius 3 is 2.88 bits per heavy atom. The van der Waals surface area contributed by atoms with Crippen molar-refractivity contribution < 1.29 is 0 Å². The molecule has 1 aromatic heterocycles. The van der Waals surface area contributed by atoms with Crippen molar-refractivity contribution in [1.29, 1.82) is 0 Å². The molecular formula is C19H23ClN2OS. The van der Waals surface area contributed by atoms with Crippen LogP contribution < -0.4 is 5.56 Å². The first-order valence-corrected chi connectivity index (χ1v) is 9.82. The van der Waals surface area contributed by atoms with Gasteiger partial charge >= 0.3 is 0 Å². The molecule has 0 aliphatic heterocycles. The van der Waals surface area contributed by atoms with Gasteiger partial charge in [0, 0.05) is 16.8 Å². The Balaban J connectivity index is 2.15. The Hall–Kier alpha value is -1.26. The molecule has 1 heterocycles. The molecule has 0 bridgehead atoms. The van der Waals surface area contributed by atoms with Gasteiger partial charge in [0.25, 0.3) is 5.56 Å². The van der Waals surface area contributed by atoms with E-state index in [1.807, 2.05) is 28.8 Å². The molecule has 0 spiro atoms. The number of para-hydroxylation sites is 1. The second-order valence-corrected chi connectivity index (χ2v) is 8.20. The lowest BCUT2D eigenvalue weighted by Gasteiger charge is -2.36. The molecule has 5 heteroatoms. The number of rotatable bonds is 4. The van der Waals surface area contributed by atoms with Gasteiger partial charge in [0.05, 0.1) is 10.9 Å². The Morgan fingerprint density at radius 1 is 1.38 bits per heavy atom. The van der Waals surface area contributed by atoms with E-state index in [0.717, 1.165) is 23.5 Å². The first-order valence-electron chi connectivity index (χ1n) is 8.46. The molecule has 1 aromatic carbocycles. The van der Waals surface area contributed by atoms with Gasteiger partial charge in [-0.3, -0.25) is 9.36 Å². The van der Waals surface area contributed by atoms with Gasteiger partial charge in [0.1, 0.15) is 0 Å². The highest BCUT2D eigenvalue weighted by molar-refractivity contribution is 7.99. The summed E-state index contributed by atoms with van der Waals surface area (Å²) in [5, 5.41) is 2.02. The second kappa shape index (κ2) is 7.32. The van der Waals surface area contributed by atoms with Gasteiger partial charge in [-0.15, -0.1) is 0 Å². The van der Waals surface area contributed by atoms with E-state index in [9.17, 15) is 4.79 Å². The number of nitrogens with zero attached hydrogens (tertiary/aromatic N) is 2. The number of halogens is 1. The first kappa shape index (κ1) is 17.6. The van der Waals surface area contributed by atoms with E-state index in [1.165, 1.54) is 18.2 Å². The Labute approximate surface area is 152 Å². The summed E-state index contributed by atoms with van der Waals surface area (Å²) in [6.07, 6.45) is 3.41. The molecule has 1 saturated carbocycles. The number of hydrogen-bond donors (Lipinski definition) is 0. The van der Waals surface area contributed by atoms with Crippen LogP contribution in [0, 0.1) is 11.8 Å². The average Bonchev–Trinajstić information content (AvgIpc) is 2.56. The highest BCUT2D eigenvalue weighted by Crippen LogP contribution is 2.39. The number of fused-ring (bicyclic) bond motifs is 1. The number of hydrogen-bond acceptors (Lipinski definition) is 3. The predicted octanol–water partition coefficient (Wildman–Crippen LogP) is 5.24. The molecule has 0 saturated heterocycles. The largest absolute Gasteiger partial charge is 0.284 e. The standard InChI is InChI=1S/C19H23ClN2OS/c1-12-7-6-10-17(14(12)3)22-18(23)15-8-4-5-9-16(15)21-19(22)24-11-13(2)20/h4-5,8-9,12,14,17H,2,6-7,10-11H2,1,3H3/t12-,14+,17+/m0/s1. The van der Waals surface area contributed by atoms with Gasteiger partial charge in [-0.05, 0) is 30.4 Å². The summed E-state index contributed by atoms with van der Waals surface area (Å²) in [4.78, 5) is 18.0. The molecule has 0 unspecified atom stereocenters. The van der Waals surface area contributed by atoms with Crippen molar-refractivity contribution in [3.05, 3.63) is 46.2 Å². The maximum absolute atomic E-state index is 13.2. The van der Waals surface area contributed by atoms with Crippen LogP contribution >= 0.6 is 23.4 Å². The molecule has 2 aromatic rings. The zero-order chi connectivity index (χ0) is 17.3. The summed E-state index contributed by atoms with van der Waals surface area (Å²) < 4.78 is 1.92. The second-order valence-electron chi connectivity index (χ2n) is 6.73. The minimum absolute atomic E-state index is 0.0641. The molecule has 3 atom stereocenters. The average molecular weight is 363 g/mol. The van der Waals surface area contributed by atoms with Gasteiger partial charge in [-0.1, -0.05) is 68.8 Å². The van der Waals surface area contributed by atoms with Crippen molar-refractivity contribution in [2.24, 2.45) is 11.8 Å². The fourth-order valence-corrected chi connectivity index (χ4v) is 4.55. The van der Waals surface area contributed by atoms with E-state index < -0.39 is 0 Å². The Kier molecular flexibility index (Phi) is 5.36. The summed E-state index contributed by atoms with van der Waals surface area (Å²) in [5.41, 5.74) is 0.812. The van der Waals surface area contributed by atoms with Gasteiger partial charge in [-0.25, -0.2) is 4.98 Å². The molecule has 1 aliphatic rings. The van der Waals surface area contributed by atoms with Crippen molar-refractivity contribution in [2.45, 2.75) is 44.3 Å². The van der Waals surface area contributed by atoms with Crippen LogP contribution in [0.3, 0.4) is 0 Å². The summed E-state index contributed by atoms with van der Waals surface area (Å²) in [6.45, 7) is 8.29. The van der Waals surface area contributed by atoms with Crippen LogP contribution in [0.1, 0.15) is 39.2 Å². The van der Waals surface area contributed by atoms with Crippen LogP contribution in [-0.4, -0.2) is 15.3 Å². The molecule has 3 nitrogen and oxygen atoms in total. The van der Waals surface area contributed by atoms with Gasteiger partial charge in [0.2, 0.25) is 0 Å². The van der Waals surface area contributed by atoms with Crippen LogP contribution in [0.5, 0.6) is 0 Å². The summed E-state index contributed by atoms with van der Waals surface area (Å²) in [7, 11) is 0. The predicted molar refractivity (Wildman–Crippen MR) is 103 cm³/mol. The minimum atomic E-state index is 0.0641. The van der Waals surface area contributed by atoms with E-state index in [1.54, 1.807) is 0 Å². The van der Waals surface area contributed by atoms with Crippen molar-refractivity contribution in [2.75, 3.05) is 5.75 Å². The monoisotopic (exact) mass is 362 g/mol. The van der Waals surface area contributed by atoms with E-state index in [-0.39, 0.29) is 11.6 Å². The number of aromatic nitrogens is 2. The van der Waals surface area contributed by atoms with E-state index in [4.69, 9.17) is 16.6 Å². The van der Waals surface area contributed by atoms with Crippen LogP contribution in [0.25, 0.3) is 10.9 Å². The SMILES string of the molecule is C=C(Cl)CSc1nc2ccccc2c(=O)n1[C@@H]1CCC[C@H](C)[C@H]1C. The molecule has 3 rings (SSSR count). The number of thioether (sulfide) groups is 1. The van der Waals surface area contributed by atoms with Gasteiger partial charge < -0.3 is 0 Å². The third-order valence-corrected chi connectivity index (χ3v) is 6.46. The van der Waals surface area contributed by atoms with Crippen LogP contribution in [0.4, 0.5) is 0 Å². The zero-order valence-corrected chi connectivity index (χ0v) is 15.7. The highest BCUT2D eigenvalue weighted by Gasteiger charge is 2.31. The Bertz CT molecular complexity index is 817. The molecule has 0 amide bonds. The van der Waals surface area contributed by atoms with E-state index in [2.05, 4.69) is 20.4 Å². The molecule has 24 heavy (non-hydrogen) atoms. The van der Waals surface area contributed by atoms with Crippen LogP contribution in [0.2, 0.25) is 0 Å². The molecular weight excluding hydrogens is 340 g/mol. The van der Waals surface area contributed by atoms with Crippen molar-refractivity contribution in [3.8, 4) is 0 Å². The van der Waals surface area contributed by atoms with Crippen molar-refractivity contribution >= 4 is 34.3 Å². The lowest BCUT2D eigenvalue weighted by atomic mass is 9.78. The van der Waals surface area contributed by atoms with Gasteiger partial charge in [-0.2, -0.15) is 0 Å². The third kappa shape index (κ3) is 3.40. The fraction of sp³-hybridized carbons (Fsp3) is 0.474. The maximum atomic E-state index is 13.2. The normalized spacial score (nSPS) is 24.2. The smallest absolute Gasteiger partial charge is 0.262 e. The van der Waals surface area contributed by atoms with Crippen molar-refractivity contribution in [1.82, 2.24) is 9.55 Å². The first-order chi connectivity index (χ1) is 11.5. The summed E-state index contributed by atoms with van der Waals surface area (Å²) >= 11 is 7.45. The zero-order valence-electron chi connectivity index (χ0n) is 14.2. The van der Waals surface area contributed by atoms with E-state index in [0.29, 0.717) is 28.0 Å². The lowest BCUT2D eigenvalue weighted by molar-refractivity contribution is 0.173. The summed E-state index contributed by atoms with van der Waals surface area (Å²) in [6, 6.07) is 7.78. The fourth-order valence-electron chi connectivity index (χ4n) is 3.58. The molecule has 1 aliphatic carbocycles. The molecule has 0 N–H and O–H groups in total. The van der Waals surface area contributed by atoms with E-state index >= 15 is 0 Å². The molecule has 0 radical (unpaired) electrons. The summed E-state index contributed by atoms with van der Waals surface area (Å²) in [5.74, 6) is 1.63. The van der Waals surface area contributed by atoms with Crippen LogP contribution in [0.15, 0.2) is 45.8 Å². The topological polar surface area (TPSA) is 34.9 Å². The number of benzene rings is 1. The maximum Gasteiger partial charge on any atom is 0.262 e. The quantitative estimate of drug-likeness (QED) is 0.551. The lowest BCUT2D eigenvalue weighted by Crippen LogP contribution is -2.35. The highest BCUT2D eigenvalue weighted by atomic mass is 35.5. The van der Waals surface area contributed by atoms with Gasteiger partial charge in [0.15, 0.2) is 5.16 Å².